The standard InChI is InChI=1S/C9H21BO/c1-8(2,6-10)5-9(3,4)7-11/h11H,5-7,10H2,1-4H3. The number of hydrogen-bond donors (Lipinski definition) is 1. The highest BCUT2D eigenvalue weighted by atomic mass is 16.3. The van der Waals surface area contributed by atoms with Crippen molar-refractivity contribution in [3.8, 4) is 0 Å². The fourth-order valence-electron chi connectivity index (χ4n) is 1.48. The lowest BCUT2D eigenvalue weighted by Crippen LogP contribution is -2.25. The molecular formula is C9H21BO. The van der Waals surface area contributed by atoms with E-state index in [4.69, 9.17) is 5.11 Å². The molecule has 0 fully saturated rings. The van der Waals surface area contributed by atoms with Gasteiger partial charge in [-0.2, -0.15) is 0 Å². The molecule has 2 heteroatoms. The van der Waals surface area contributed by atoms with Gasteiger partial charge in [0, 0.05) is 6.61 Å². The van der Waals surface area contributed by atoms with E-state index in [1.807, 2.05) is 0 Å². The van der Waals surface area contributed by atoms with Crippen LogP contribution in [0.2, 0.25) is 6.32 Å². The topological polar surface area (TPSA) is 20.2 Å². The molecule has 0 radical (unpaired) electrons. The molecular weight excluding hydrogens is 135 g/mol. The second-order valence-electron chi connectivity index (χ2n) is 5.02. The van der Waals surface area contributed by atoms with Gasteiger partial charge in [-0.05, 0) is 17.3 Å². The average Bonchev–Trinajstić information content (AvgIpc) is 1.86. The first-order valence-corrected chi connectivity index (χ1v) is 4.44. The van der Waals surface area contributed by atoms with Crippen LogP contribution in [0.5, 0.6) is 0 Å². The summed E-state index contributed by atoms with van der Waals surface area (Å²) < 4.78 is 0. The molecule has 0 aromatic rings. The molecule has 0 aromatic carbocycles. The summed E-state index contributed by atoms with van der Waals surface area (Å²) in [5, 5.41) is 9.05. The lowest BCUT2D eigenvalue weighted by atomic mass is 9.69. The Morgan fingerprint density at radius 2 is 1.55 bits per heavy atom. The van der Waals surface area contributed by atoms with Crippen molar-refractivity contribution in [1.82, 2.24) is 0 Å². The zero-order chi connectivity index (χ0) is 9.12. The van der Waals surface area contributed by atoms with Crippen LogP contribution in [-0.2, 0) is 0 Å². The van der Waals surface area contributed by atoms with Crippen molar-refractivity contribution < 1.29 is 5.11 Å². The maximum atomic E-state index is 9.05. The second kappa shape index (κ2) is 3.62. The second-order valence-corrected chi connectivity index (χ2v) is 5.02. The number of aliphatic hydroxyl groups excluding tert-OH is 1. The average molecular weight is 156 g/mol. The first-order valence-electron chi connectivity index (χ1n) is 4.44. The minimum absolute atomic E-state index is 0.0828. The minimum Gasteiger partial charge on any atom is -0.396 e. The van der Waals surface area contributed by atoms with E-state index in [2.05, 4.69) is 35.5 Å². The molecule has 0 aromatic heterocycles. The van der Waals surface area contributed by atoms with Crippen molar-refractivity contribution in [2.45, 2.75) is 40.4 Å². The summed E-state index contributed by atoms with van der Waals surface area (Å²) in [6.07, 6.45) is 2.27. The summed E-state index contributed by atoms with van der Waals surface area (Å²) in [5.74, 6) is 0. The Bertz CT molecular complexity index is 105. The monoisotopic (exact) mass is 156 g/mol. The van der Waals surface area contributed by atoms with Crippen molar-refractivity contribution in [2.24, 2.45) is 10.8 Å². The van der Waals surface area contributed by atoms with Gasteiger partial charge in [0.05, 0.1) is 0 Å². The van der Waals surface area contributed by atoms with E-state index in [9.17, 15) is 0 Å². The quantitative estimate of drug-likeness (QED) is 0.611. The van der Waals surface area contributed by atoms with Gasteiger partial charge >= 0.3 is 0 Å². The van der Waals surface area contributed by atoms with Crippen LogP contribution < -0.4 is 0 Å². The van der Waals surface area contributed by atoms with Gasteiger partial charge in [-0.15, -0.1) is 0 Å². The zero-order valence-corrected chi connectivity index (χ0v) is 8.57. The van der Waals surface area contributed by atoms with Crippen molar-refractivity contribution >= 4 is 7.85 Å². The van der Waals surface area contributed by atoms with Gasteiger partial charge in [-0.25, -0.2) is 0 Å². The largest absolute Gasteiger partial charge is 0.396 e. The molecule has 0 spiro atoms. The maximum absolute atomic E-state index is 9.05. The summed E-state index contributed by atoms with van der Waals surface area (Å²) in [4.78, 5) is 0. The van der Waals surface area contributed by atoms with Crippen molar-refractivity contribution in [3.63, 3.8) is 0 Å². The van der Waals surface area contributed by atoms with E-state index >= 15 is 0 Å². The van der Waals surface area contributed by atoms with Crippen LogP contribution in [0.15, 0.2) is 0 Å². The highest BCUT2D eigenvalue weighted by Gasteiger charge is 2.26. The summed E-state index contributed by atoms with van der Waals surface area (Å²) in [7, 11) is 2.20. The Morgan fingerprint density at radius 3 is 1.82 bits per heavy atom. The van der Waals surface area contributed by atoms with E-state index in [1.165, 1.54) is 6.32 Å². The predicted octanol–water partition coefficient (Wildman–Crippen LogP) is 1.47. The van der Waals surface area contributed by atoms with Gasteiger partial charge in [-0.3, -0.25) is 0 Å². The third-order valence-corrected chi connectivity index (χ3v) is 2.34. The van der Waals surface area contributed by atoms with Gasteiger partial charge in [0.1, 0.15) is 7.85 Å². The molecule has 11 heavy (non-hydrogen) atoms. The van der Waals surface area contributed by atoms with Crippen LogP contribution in [0.3, 0.4) is 0 Å². The molecule has 0 unspecified atom stereocenters. The fourth-order valence-corrected chi connectivity index (χ4v) is 1.48. The number of aliphatic hydroxyl groups is 1. The molecule has 0 heterocycles. The van der Waals surface area contributed by atoms with Gasteiger partial charge < -0.3 is 5.11 Å². The van der Waals surface area contributed by atoms with Gasteiger partial charge in [-0.1, -0.05) is 34.0 Å². The Hall–Kier alpha value is 0.0249. The molecule has 0 saturated heterocycles. The van der Waals surface area contributed by atoms with E-state index in [-0.39, 0.29) is 12.0 Å². The van der Waals surface area contributed by atoms with E-state index < -0.39 is 0 Å². The van der Waals surface area contributed by atoms with Crippen molar-refractivity contribution in [3.05, 3.63) is 0 Å². The summed E-state index contributed by atoms with van der Waals surface area (Å²) in [5.41, 5.74) is 0.450. The summed E-state index contributed by atoms with van der Waals surface area (Å²) in [6.45, 7) is 9.03. The Labute approximate surface area is 71.6 Å². The number of hydrogen-bond acceptors (Lipinski definition) is 1. The van der Waals surface area contributed by atoms with Crippen LogP contribution >= 0.6 is 0 Å². The molecule has 0 aliphatic carbocycles. The lowest BCUT2D eigenvalue weighted by Gasteiger charge is -2.32. The third-order valence-electron chi connectivity index (χ3n) is 2.34. The fraction of sp³-hybridized carbons (Fsp3) is 1.00. The minimum atomic E-state index is 0.0828. The molecule has 0 saturated carbocycles. The Balaban J connectivity index is 4.02. The molecule has 1 N–H and O–H groups in total. The summed E-state index contributed by atoms with van der Waals surface area (Å²) >= 11 is 0. The molecule has 0 aliphatic heterocycles. The van der Waals surface area contributed by atoms with Crippen LogP contribution in [0.1, 0.15) is 34.1 Å². The van der Waals surface area contributed by atoms with Crippen molar-refractivity contribution in [1.29, 1.82) is 0 Å². The molecule has 0 amide bonds. The molecule has 0 atom stereocenters. The van der Waals surface area contributed by atoms with Gasteiger partial charge in [0.2, 0.25) is 0 Å². The van der Waals surface area contributed by atoms with E-state index in [1.54, 1.807) is 0 Å². The molecule has 0 rings (SSSR count). The zero-order valence-electron chi connectivity index (χ0n) is 8.57. The van der Waals surface area contributed by atoms with Crippen LogP contribution in [0.25, 0.3) is 0 Å². The maximum Gasteiger partial charge on any atom is 0.102 e. The number of rotatable bonds is 4. The Kier molecular flexibility index (Phi) is 3.63. The lowest BCUT2D eigenvalue weighted by molar-refractivity contribution is 0.110. The molecule has 66 valence electrons. The van der Waals surface area contributed by atoms with E-state index in [0.29, 0.717) is 5.41 Å². The van der Waals surface area contributed by atoms with Crippen LogP contribution in [0.4, 0.5) is 0 Å². The van der Waals surface area contributed by atoms with Crippen LogP contribution in [-0.4, -0.2) is 19.6 Å². The van der Waals surface area contributed by atoms with Gasteiger partial charge in [0.15, 0.2) is 0 Å². The first kappa shape index (κ1) is 11.0. The van der Waals surface area contributed by atoms with E-state index in [0.717, 1.165) is 6.42 Å². The molecule has 0 aliphatic rings. The molecule has 1 nitrogen and oxygen atoms in total. The third kappa shape index (κ3) is 4.46. The normalized spacial score (nSPS) is 13.5. The molecule has 0 bridgehead atoms. The highest BCUT2D eigenvalue weighted by Crippen LogP contribution is 2.35. The first-order chi connectivity index (χ1) is 4.83. The van der Waals surface area contributed by atoms with Gasteiger partial charge in [0.25, 0.3) is 0 Å². The smallest absolute Gasteiger partial charge is 0.102 e. The van der Waals surface area contributed by atoms with Crippen molar-refractivity contribution in [2.75, 3.05) is 6.61 Å². The Morgan fingerprint density at radius 1 is 1.09 bits per heavy atom. The predicted molar refractivity (Wildman–Crippen MR) is 52.6 cm³/mol. The summed E-state index contributed by atoms with van der Waals surface area (Å²) in [6, 6.07) is 0. The SMILES string of the molecule is BCC(C)(C)CC(C)(C)CO. The van der Waals surface area contributed by atoms with Crippen LogP contribution in [0, 0.1) is 10.8 Å². The highest BCUT2D eigenvalue weighted by molar-refractivity contribution is 6.08.